The number of carbonyl (C=O) groups is 1. The van der Waals surface area contributed by atoms with Gasteiger partial charge in [0.05, 0.1) is 10.7 Å². The summed E-state index contributed by atoms with van der Waals surface area (Å²) >= 11 is 6.18. The van der Waals surface area contributed by atoms with Crippen molar-refractivity contribution in [1.82, 2.24) is 0 Å². The first-order chi connectivity index (χ1) is 7.70. The van der Waals surface area contributed by atoms with Crippen molar-refractivity contribution in [1.29, 1.82) is 0 Å². The van der Waals surface area contributed by atoms with Crippen LogP contribution < -0.4 is 4.90 Å². The number of aldehydes is 1. The van der Waals surface area contributed by atoms with Crippen LogP contribution in [-0.4, -0.2) is 19.4 Å². The Hall–Kier alpha value is -1.02. The maximum absolute atomic E-state index is 10.6. The van der Waals surface area contributed by atoms with Crippen LogP contribution in [0.2, 0.25) is 5.02 Å². The normalized spacial score (nSPS) is 17.5. The molecule has 1 saturated heterocycles. The average molecular weight is 238 g/mol. The SMILES string of the molecule is CC1CCN(c2ccc(C=O)cc2Cl)CC1. The van der Waals surface area contributed by atoms with Gasteiger partial charge in [0.15, 0.2) is 0 Å². The first-order valence-electron chi connectivity index (χ1n) is 5.70. The van der Waals surface area contributed by atoms with Gasteiger partial charge in [-0.25, -0.2) is 0 Å². The highest BCUT2D eigenvalue weighted by molar-refractivity contribution is 6.33. The van der Waals surface area contributed by atoms with Crippen molar-refractivity contribution in [3.8, 4) is 0 Å². The van der Waals surface area contributed by atoms with E-state index in [0.717, 1.165) is 31.0 Å². The largest absolute Gasteiger partial charge is 0.370 e. The van der Waals surface area contributed by atoms with Crippen molar-refractivity contribution in [2.75, 3.05) is 18.0 Å². The average Bonchev–Trinajstić information content (AvgIpc) is 2.30. The van der Waals surface area contributed by atoms with E-state index in [1.165, 1.54) is 12.8 Å². The molecule has 1 aliphatic rings. The third-order valence-electron chi connectivity index (χ3n) is 3.23. The van der Waals surface area contributed by atoms with Crippen molar-refractivity contribution < 1.29 is 4.79 Å². The lowest BCUT2D eigenvalue weighted by atomic mass is 9.99. The Bertz CT molecular complexity index is 384. The predicted octanol–water partition coefficient (Wildman–Crippen LogP) is 3.39. The van der Waals surface area contributed by atoms with Gasteiger partial charge in [0.2, 0.25) is 0 Å². The lowest BCUT2D eigenvalue weighted by molar-refractivity contribution is 0.112. The number of hydrogen-bond acceptors (Lipinski definition) is 2. The Kier molecular flexibility index (Phi) is 3.49. The zero-order valence-electron chi connectivity index (χ0n) is 9.45. The molecule has 3 heteroatoms. The number of piperidine rings is 1. The van der Waals surface area contributed by atoms with Crippen molar-refractivity contribution in [2.45, 2.75) is 19.8 Å². The molecule has 0 N–H and O–H groups in total. The van der Waals surface area contributed by atoms with E-state index in [9.17, 15) is 4.79 Å². The Morgan fingerprint density at radius 1 is 1.38 bits per heavy atom. The summed E-state index contributed by atoms with van der Waals surface area (Å²) in [6.45, 7) is 4.40. The Morgan fingerprint density at radius 3 is 2.62 bits per heavy atom. The van der Waals surface area contributed by atoms with Gasteiger partial charge in [0.25, 0.3) is 0 Å². The predicted molar refractivity (Wildman–Crippen MR) is 67.5 cm³/mol. The van der Waals surface area contributed by atoms with E-state index in [2.05, 4.69) is 11.8 Å². The molecule has 1 aromatic rings. The summed E-state index contributed by atoms with van der Waals surface area (Å²) in [5.41, 5.74) is 1.69. The molecule has 0 aromatic heterocycles. The Morgan fingerprint density at radius 2 is 2.06 bits per heavy atom. The molecule has 1 heterocycles. The molecule has 2 nitrogen and oxygen atoms in total. The van der Waals surface area contributed by atoms with Crippen LogP contribution in [0.25, 0.3) is 0 Å². The van der Waals surface area contributed by atoms with E-state index in [1.54, 1.807) is 6.07 Å². The molecule has 0 unspecified atom stereocenters. The molecule has 1 aliphatic heterocycles. The van der Waals surface area contributed by atoms with Gasteiger partial charge in [-0.1, -0.05) is 18.5 Å². The zero-order valence-corrected chi connectivity index (χ0v) is 10.2. The molecular weight excluding hydrogens is 222 g/mol. The number of anilines is 1. The van der Waals surface area contributed by atoms with E-state index < -0.39 is 0 Å². The van der Waals surface area contributed by atoms with E-state index in [0.29, 0.717) is 10.6 Å². The number of halogens is 1. The minimum atomic E-state index is 0.638. The maximum Gasteiger partial charge on any atom is 0.150 e. The van der Waals surface area contributed by atoms with E-state index in [-0.39, 0.29) is 0 Å². The van der Waals surface area contributed by atoms with Gasteiger partial charge < -0.3 is 4.90 Å². The van der Waals surface area contributed by atoms with Crippen LogP contribution in [0, 0.1) is 5.92 Å². The van der Waals surface area contributed by atoms with Crippen LogP contribution in [-0.2, 0) is 0 Å². The molecule has 0 radical (unpaired) electrons. The van der Waals surface area contributed by atoms with Crippen LogP contribution >= 0.6 is 11.6 Å². The first-order valence-corrected chi connectivity index (χ1v) is 6.08. The fraction of sp³-hybridized carbons (Fsp3) is 0.462. The Balaban J connectivity index is 2.17. The van der Waals surface area contributed by atoms with Gasteiger partial charge in [-0.3, -0.25) is 4.79 Å². The standard InChI is InChI=1S/C13H16ClNO/c1-10-4-6-15(7-5-10)13-3-2-11(9-16)8-12(13)14/h2-3,8-10H,4-7H2,1H3. The van der Waals surface area contributed by atoms with Crippen LogP contribution in [0.1, 0.15) is 30.1 Å². The highest BCUT2D eigenvalue weighted by Crippen LogP contribution is 2.29. The topological polar surface area (TPSA) is 20.3 Å². The molecule has 1 fully saturated rings. The molecule has 0 spiro atoms. The molecule has 86 valence electrons. The van der Waals surface area contributed by atoms with Crippen LogP contribution in [0.3, 0.4) is 0 Å². The van der Waals surface area contributed by atoms with Crippen LogP contribution in [0.5, 0.6) is 0 Å². The molecule has 1 aromatic carbocycles. The van der Waals surface area contributed by atoms with Gasteiger partial charge in [-0.15, -0.1) is 0 Å². The zero-order chi connectivity index (χ0) is 11.5. The monoisotopic (exact) mass is 237 g/mol. The van der Waals surface area contributed by atoms with E-state index in [1.807, 2.05) is 12.1 Å². The number of nitrogens with zero attached hydrogens (tertiary/aromatic N) is 1. The summed E-state index contributed by atoms with van der Waals surface area (Å²) in [5, 5.41) is 0.680. The molecule has 0 atom stereocenters. The number of rotatable bonds is 2. The highest BCUT2D eigenvalue weighted by Gasteiger charge is 2.17. The van der Waals surface area contributed by atoms with Gasteiger partial charge in [0.1, 0.15) is 6.29 Å². The fourth-order valence-electron chi connectivity index (χ4n) is 2.10. The van der Waals surface area contributed by atoms with Crippen LogP contribution in [0.15, 0.2) is 18.2 Å². The molecule has 0 amide bonds. The Labute approximate surface area is 101 Å². The van der Waals surface area contributed by atoms with Crippen molar-refractivity contribution in [3.63, 3.8) is 0 Å². The summed E-state index contributed by atoms with van der Waals surface area (Å²) < 4.78 is 0. The lowest BCUT2D eigenvalue weighted by Crippen LogP contribution is -2.32. The molecule has 0 saturated carbocycles. The second-order valence-corrected chi connectivity index (χ2v) is 4.91. The molecule has 2 rings (SSSR count). The number of carbonyl (C=O) groups excluding carboxylic acids is 1. The third kappa shape index (κ3) is 2.38. The summed E-state index contributed by atoms with van der Waals surface area (Å²) in [4.78, 5) is 12.9. The summed E-state index contributed by atoms with van der Waals surface area (Å²) in [6, 6.07) is 5.51. The van der Waals surface area contributed by atoms with Crippen molar-refractivity contribution >= 4 is 23.6 Å². The smallest absolute Gasteiger partial charge is 0.150 e. The minimum absolute atomic E-state index is 0.638. The quantitative estimate of drug-likeness (QED) is 0.735. The molecule has 0 aliphatic carbocycles. The molecular formula is C13H16ClNO. The van der Waals surface area contributed by atoms with Gasteiger partial charge in [-0.2, -0.15) is 0 Å². The van der Waals surface area contributed by atoms with E-state index >= 15 is 0 Å². The number of benzene rings is 1. The summed E-state index contributed by atoms with van der Waals surface area (Å²) in [6.07, 6.45) is 3.26. The maximum atomic E-state index is 10.6. The second kappa shape index (κ2) is 4.88. The van der Waals surface area contributed by atoms with Gasteiger partial charge in [0, 0.05) is 18.7 Å². The van der Waals surface area contributed by atoms with Gasteiger partial charge >= 0.3 is 0 Å². The molecule has 16 heavy (non-hydrogen) atoms. The second-order valence-electron chi connectivity index (χ2n) is 4.50. The van der Waals surface area contributed by atoms with Crippen molar-refractivity contribution in [2.24, 2.45) is 5.92 Å². The molecule has 0 bridgehead atoms. The summed E-state index contributed by atoms with van der Waals surface area (Å²) in [7, 11) is 0. The highest BCUT2D eigenvalue weighted by atomic mass is 35.5. The number of hydrogen-bond donors (Lipinski definition) is 0. The first kappa shape index (κ1) is 11.5. The van der Waals surface area contributed by atoms with E-state index in [4.69, 9.17) is 11.6 Å². The minimum Gasteiger partial charge on any atom is -0.370 e. The third-order valence-corrected chi connectivity index (χ3v) is 3.53. The fourth-order valence-corrected chi connectivity index (χ4v) is 2.41. The van der Waals surface area contributed by atoms with Crippen molar-refractivity contribution in [3.05, 3.63) is 28.8 Å². The van der Waals surface area contributed by atoms with Crippen LogP contribution in [0.4, 0.5) is 5.69 Å². The lowest BCUT2D eigenvalue weighted by Gasteiger charge is -2.32. The van der Waals surface area contributed by atoms with Gasteiger partial charge in [-0.05, 0) is 37.0 Å². The summed E-state index contributed by atoms with van der Waals surface area (Å²) in [5.74, 6) is 0.810.